The normalized spacial score (nSPS) is 11.2. The molecule has 0 radical (unpaired) electrons. The first-order valence-corrected chi connectivity index (χ1v) is 8.23. The minimum atomic E-state index is -3.47. The van der Waals surface area contributed by atoms with Gasteiger partial charge in [0.05, 0.1) is 4.90 Å². The van der Waals surface area contributed by atoms with Gasteiger partial charge >= 0.3 is 0 Å². The first-order chi connectivity index (χ1) is 10.0. The lowest BCUT2D eigenvalue weighted by atomic mass is 10.2. The molecule has 0 bridgehead atoms. The summed E-state index contributed by atoms with van der Waals surface area (Å²) in [5.41, 5.74) is 6.87. The van der Waals surface area contributed by atoms with E-state index in [4.69, 9.17) is 10.2 Å². The SMILES string of the molecule is Cc1nc(-c2ccc(S(=O)(=O)NCCCCN)cc2)co1.Cl. The number of nitrogens with zero attached hydrogens (tertiary/aromatic N) is 1. The Hall–Kier alpha value is -1.41. The number of oxazole rings is 1. The zero-order valence-electron chi connectivity index (χ0n) is 12.3. The van der Waals surface area contributed by atoms with Crippen molar-refractivity contribution in [2.24, 2.45) is 5.73 Å². The van der Waals surface area contributed by atoms with Gasteiger partial charge in [-0.25, -0.2) is 18.1 Å². The van der Waals surface area contributed by atoms with E-state index in [-0.39, 0.29) is 17.3 Å². The summed E-state index contributed by atoms with van der Waals surface area (Å²) < 4.78 is 31.8. The largest absolute Gasteiger partial charge is 0.449 e. The maximum atomic E-state index is 12.1. The van der Waals surface area contributed by atoms with Crippen LogP contribution < -0.4 is 10.5 Å². The maximum Gasteiger partial charge on any atom is 0.240 e. The number of hydrogen-bond acceptors (Lipinski definition) is 5. The van der Waals surface area contributed by atoms with Gasteiger partial charge in [-0.1, -0.05) is 12.1 Å². The summed E-state index contributed by atoms with van der Waals surface area (Å²) >= 11 is 0. The number of sulfonamides is 1. The molecule has 0 fully saturated rings. The van der Waals surface area contributed by atoms with Crippen LogP contribution in [0.1, 0.15) is 18.7 Å². The molecule has 1 aromatic carbocycles. The molecule has 6 nitrogen and oxygen atoms in total. The van der Waals surface area contributed by atoms with Crippen molar-refractivity contribution in [1.29, 1.82) is 0 Å². The minimum Gasteiger partial charge on any atom is -0.449 e. The zero-order valence-corrected chi connectivity index (χ0v) is 13.9. The van der Waals surface area contributed by atoms with E-state index in [1.807, 2.05) is 0 Å². The summed E-state index contributed by atoms with van der Waals surface area (Å²) in [6, 6.07) is 6.55. The van der Waals surface area contributed by atoms with Crippen LogP contribution in [0.15, 0.2) is 39.8 Å². The molecule has 0 saturated heterocycles. The Kier molecular flexibility index (Phi) is 7.02. The number of halogens is 1. The summed E-state index contributed by atoms with van der Waals surface area (Å²) in [5, 5.41) is 0. The van der Waals surface area contributed by atoms with Gasteiger partial charge in [-0.15, -0.1) is 12.4 Å². The van der Waals surface area contributed by atoms with Crippen LogP contribution in [-0.4, -0.2) is 26.5 Å². The molecule has 2 rings (SSSR count). The Bertz CT molecular complexity index is 684. The van der Waals surface area contributed by atoms with Crippen molar-refractivity contribution in [2.75, 3.05) is 13.1 Å². The van der Waals surface area contributed by atoms with Crippen molar-refractivity contribution in [3.8, 4) is 11.3 Å². The number of nitrogens with one attached hydrogen (secondary N) is 1. The molecule has 1 aromatic heterocycles. The third kappa shape index (κ3) is 4.81. The van der Waals surface area contributed by atoms with Crippen LogP contribution in [0.2, 0.25) is 0 Å². The van der Waals surface area contributed by atoms with Crippen molar-refractivity contribution < 1.29 is 12.8 Å². The number of unbranched alkanes of at least 4 members (excludes halogenated alkanes) is 1. The Balaban J connectivity index is 0.00000242. The second-order valence-electron chi connectivity index (χ2n) is 4.67. The Morgan fingerprint density at radius 3 is 2.45 bits per heavy atom. The first kappa shape index (κ1) is 18.6. The lowest BCUT2D eigenvalue weighted by Crippen LogP contribution is -2.25. The quantitative estimate of drug-likeness (QED) is 0.749. The molecule has 122 valence electrons. The highest BCUT2D eigenvalue weighted by Gasteiger charge is 2.13. The Morgan fingerprint density at radius 1 is 1.23 bits per heavy atom. The molecule has 1 heterocycles. The van der Waals surface area contributed by atoms with Gasteiger partial charge in [0, 0.05) is 19.0 Å². The Morgan fingerprint density at radius 2 is 1.91 bits per heavy atom. The molecule has 0 spiro atoms. The minimum absolute atomic E-state index is 0. The number of hydrogen-bond donors (Lipinski definition) is 2. The molecule has 0 aliphatic heterocycles. The van der Waals surface area contributed by atoms with Gasteiger partial charge in [0.1, 0.15) is 12.0 Å². The van der Waals surface area contributed by atoms with Crippen LogP contribution in [0.3, 0.4) is 0 Å². The fourth-order valence-corrected chi connectivity index (χ4v) is 2.93. The van der Waals surface area contributed by atoms with Crippen molar-refractivity contribution in [1.82, 2.24) is 9.71 Å². The molecular weight excluding hydrogens is 326 g/mol. The topological polar surface area (TPSA) is 98.2 Å². The second-order valence-corrected chi connectivity index (χ2v) is 6.44. The van der Waals surface area contributed by atoms with Gasteiger partial charge in [-0.3, -0.25) is 0 Å². The van der Waals surface area contributed by atoms with E-state index in [0.29, 0.717) is 24.7 Å². The van der Waals surface area contributed by atoms with Crippen molar-refractivity contribution in [2.45, 2.75) is 24.7 Å². The Labute approximate surface area is 136 Å². The molecule has 8 heteroatoms. The van der Waals surface area contributed by atoms with Gasteiger partial charge in [0.25, 0.3) is 0 Å². The van der Waals surface area contributed by atoms with Gasteiger partial charge in [-0.2, -0.15) is 0 Å². The average molecular weight is 346 g/mol. The highest BCUT2D eigenvalue weighted by Crippen LogP contribution is 2.20. The molecule has 22 heavy (non-hydrogen) atoms. The fourth-order valence-electron chi connectivity index (χ4n) is 1.86. The molecule has 3 N–H and O–H groups in total. The van der Waals surface area contributed by atoms with Crippen molar-refractivity contribution in [3.05, 3.63) is 36.4 Å². The lowest BCUT2D eigenvalue weighted by Gasteiger charge is -2.06. The number of nitrogens with two attached hydrogens (primary N) is 1. The van der Waals surface area contributed by atoms with Gasteiger partial charge in [-0.05, 0) is 31.5 Å². The highest BCUT2D eigenvalue weighted by molar-refractivity contribution is 7.89. The summed E-state index contributed by atoms with van der Waals surface area (Å²) in [5.74, 6) is 0.572. The molecule has 0 atom stereocenters. The van der Waals surface area contributed by atoms with E-state index in [9.17, 15) is 8.42 Å². The molecule has 0 unspecified atom stereocenters. The molecular formula is C14H20ClN3O3S. The molecule has 2 aromatic rings. The van der Waals surface area contributed by atoms with Gasteiger partial charge < -0.3 is 10.2 Å². The van der Waals surface area contributed by atoms with E-state index >= 15 is 0 Å². The number of rotatable bonds is 7. The smallest absolute Gasteiger partial charge is 0.240 e. The monoisotopic (exact) mass is 345 g/mol. The number of aromatic nitrogens is 1. The predicted molar refractivity (Wildman–Crippen MR) is 87.4 cm³/mol. The van der Waals surface area contributed by atoms with E-state index in [1.165, 1.54) is 0 Å². The molecule has 0 saturated carbocycles. The highest BCUT2D eigenvalue weighted by atomic mass is 35.5. The third-order valence-corrected chi connectivity index (χ3v) is 4.48. The zero-order chi connectivity index (χ0) is 15.3. The van der Waals surface area contributed by atoms with Crippen molar-refractivity contribution >= 4 is 22.4 Å². The first-order valence-electron chi connectivity index (χ1n) is 6.75. The summed E-state index contributed by atoms with van der Waals surface area (Å²) in [6.45, 7) is 2.71. The van der Waals surface area contributed by atoms with Crippen LogP contribution in [-0.2, 0) is 10.0 Å². The fraction of sp³-hybridized carbons (Fsp3) is 0.357. The summed E-state index contributed by atoms with van der Waals surface area (Å²) in [4.78, 5) is 4.43. The molecule has 0 aliphatic carbocycles. The van der Waals surface area contributed by atoms with E-state index in [2.05, 4.69) is 9.71 Å². The van der Waals surface area contributed by atoms with E-state index in [0.717, 1.165) is 18.4 Å². The van der Waals surface area contributed by atoms with Crippen molar-refractivity contribution in [3.63, 3.8) is 0 Å². The number of aryl methyl sites for hydroxylation is 1. The summed E-state index contributed by atoms with van der Waals surface area (Å²) in [6.07, 6.45) is 3.07. The van der Waals surface area contributed by atoms with E-state index < -0.39 is 10.0 Å². The molecule has 0 aliphatic rings. The van der Waals surface area contributed by atoms with Crippen LogP contribution in [0.25, 0.3) is 11.3 Å². The maximum absolute atomic E-state index is 12.1. The third-order valence-electron chi connectivity index (χ3n) is 3.00. The lowest BCUT2D eigenvalue weighted by molar-refractivity contribution is 0.521. The summed E-state index contributed by atoms with van der Waals surface area (Å²) in [7, 11) is -3.47. The van der Waals surface area contributed by atoms with Crippen LogP contribution in [0.5, 0.6) is 0 Å². The van der Waals surface area contributed by atoms with Gasteiger partial charge in [0.2, 0.25) is 10.0 Å². The standard InChI is InChI=1S/C14H19N3O3S.ClH/c1-11-17-14(10-20-11)12-4-6-13(7-5-12)21(18,19)16-9-3-2-8-15;/h4-7,10,16H,2-3,8-9,15H2,1H3;1H. The molecule has 0 amide bonds. The predicted octanol–water partition coefficient (Wildman–Crippen LogP) is 2.09. The number of benzene rings is 1. The van der Waals surface area contributed by atoms with Crippen LogP contribution in [0.4, 0.5) is 0 Å². The second kappa shape index (κ2) is 8.28. The van der Waals surface area contributed by atoms with E-state index in [1.54, 1.807) is 37.5 Å². The average Bonchev–Trinajstić information content (AvgIpc) is 2.90. The van der Waals surface area contributed by atoms with Crippen LogP contribution in [0, 0.1) is 6.92 Å². The van der Waals surface area contributed by atoms with Crippen LogP contribution >= 0.6 is 12.4 Å². The van der Waals surface area contributed by atoms with Gasteiger partial charge in [0.15, 0.2) is 5.89 Å².